The van der Waals surface area contributed by atoms with Gasteiger partial charge in [0.05, 0.1) is 0 Å². The normalized spacial score (nSPS) is 14.5. The molecule has 0 fully saturated rings. The van der Waals surface area contributed by atoms with E-state index in [1.807, 2.05) is 0 Å². The van der Waals surface area contributed by atoms with Crippen LogP contribution in [-0.4, -0.2) is 48.6 Å². The SMILES string of the molecule is CCOC(OCC)C(=O)C(CC)(OCC)C(=O)O. The van der Waals surface area contributed by atoms with Gasteiger partial charge in [0, 0.05) is 19.8 Å². The number of ether oxygens (including phenoxy) is 3. The molecule has 0 aliphatic heterocycles. The minimum Gasteiger partial charge on any atom is -0.479 e. The summed E-state index contributed by atoms with van der Waals surface area (Å²) in [5, 5.41) is 9.25. The first-order valence-electron chi connectivity index (χ1n) is 6.14. The molecule has 0 aliphatic rings. The van der Waals surface area contributed by atoms with Crippen molar-refractivity contribution in [3.63, 3.8) is 0 Å². The molecule has 0 saturated carbocycles. The standard InChI is InChI=1S/C12H22O6/c1-5-12(11(14)15,18-8-4)9(13)10(16-6-2)17-7-3/h10H,5-8H2,1-4H3,(H,14,15). The number of carboxylic acids is 1. The third kappa shape index (κ3) is 3.76. The fourth-order valence-corrected chi connectivity index (χ4v) is 1.60. The minimum atomic E-state index is -1.90. The van der Waals surface area contributed by atoms with Crippen LogP contribution in [0.4, 0.5) is 0 Å². The van der Waals surface area contributed by atoms with Gasteiger partial charge in [-0.1, -0.05) is 6.92 Å². The third-order valence-electron chi connectivity index (χ3n) is 2.48. The number of carboxylic acid groups (broad SMARTS) is 1. The first kappa shape index (κ1) is 17.0. The lowest BCUT2D eigenvalue weighted by Gasteiger charge is -2.29. The van der Waals surface area contributed by atoms with E-state index in [-0.39, 0.29) is 26.2 Å². The summed E-state index contributed by atoms with van der Waals surface area (Å²) in [6.07, 6.45) is -1.19. The average Bonchev–Trinajstić information content (AvgIpc) is 2.34. The van der Waals surface area contributed by atoms with Gasteiger partial charge in [0.15, 0.2) is 0 Å². The van der Waals surface area contributed by atoms with Crippen LogP contribution in [0, 0.1) is 0 Å². The molecule has 18 heavy (non-hydrogen) atoms. The van der Waals surface area contributed by atoms with Crippen molar-refractivity contribution < 1.29 is 28.9 Å². The van der Waals surface area contributed by atoms with Crippen molar-refractivity contribution in [3.05, 3.63) is 0 Å². The maximum atomic E-state index is 12.3. The monoisotopic (exact) mass is 262 g/mol. The summed E-state index contributed by atoms with van der Waals surface area (Å²) >= 11 is 0. The summed E-state index contributed by atoms with van der Waals surface area (Å²) < 4.78 is 15.4. The predicted molar refractivity (Wildman–Crippen MR) is 64.3 cm³/mol. The van der Waals surface area contributed by atoms with E-state index in [1.54, 1.807) is 27.7 Å². The van der Waals surface area contributed by atoms with Gasteiger partial charge in [-0.2, -0.15) is 0 Å². The van der Waals surface area contributed by atoms with Crippen LogP contribution in [0.2, 0.25) is 0 Å². The molecule has 106 valence electrons. The Morgan fingerprint density at radius 1 is 1.06 bits per heavy atom. The van der Waals surface area contributed by atoms with E-state index in [1.165, 1.54) is 0 Å². The second kappa shape index (κ2) is 8.18. The minimum absolute atomic E-state index is 0.0195. The Bertz CT molecular complexity index is 272. The van der Waals surface area contributed by atoms with Gasteiger partial charge in [-0.25, -0.2) is 4.79 Å². The van der Waals surface area contributed by atoms with Crippen molar-refractivity contribution in [2.24, 2.45) is 0 Å². The number of carbonyl (C=O) groups is 2. The van der Waals surface area contributed by atoms with Crippen LogP contribution in [0.15, 0.2) is 0 Å². The molecule has 1 atom stereocenters. The molecule has 0 bridgehead atoms. The number of ketones is 1. The molecule has 0 aromatic heterocycles. The molecule has 0 aromatic carbocycles. The van der Waals surface area contributed by atoms with Crippen LogP contribution >= 0.6 is 0 Å². The zero-order chi connectivity index (χ0) is 14.2. The van der Waals surface area contributed by atoms with E-state index in [0.717, 1.165) is 0 Å². The second-order valence-corrected chi connectivity index (χ2v) is 3.53. The van der Waals surface area contributed by atoms with Crippen molar-refractivity contribution in [1.29, 1.82) is 0 Å². The largest absolute Gasteiger partial charge is 0.479 e. The van der Waals surface area contributed by atoms with Gasteiger partial charge in [-0.15, -0.1) is 0 Å². The maximum absolute atomic E-state index is 12.3. The van der Waals surface area contributed by atoms with Gasteiger partial charge in [0.25, 0.3) is 0 Å². The Kier molecular flexibility index (Phi) is 7.73. The molecule has 1 N–H and O–H groups in total. The Hall–Kier alpha value is -0.980. The topological polar surface area (TPSA) is 82.1 Å². The van der Waals surface area contributed by atoms with Crippen LogP contribution in [0.1, 0.15) is 34.1 Å². The summed E-state index contributed by atoms with van der Waals surface area (Å²) in [6, 6.07) is 0. The molecule has 0 radical (unpaired) electrons. The van der Waals surface area contributed by atoms with Crippen LogP contribution in [0.3, 0.4) is 0 Å². The summed E-state index contributed by atoms with van der Waals surface area (Å²) in [7, 11) is 0. The van der Waals surface area contributed by atoms with E-state index < -0.39 is 23.6 Å². The molecule has 0 aromatic rings. The summed E-state index contributed by atoms with van der Waals surface area (Å²) in [5.74, 6) is -2.02. The fraction of sp³-hybridized carbons (Fsp3) is 0.833. The highest BCUT2D eigenvalue weighted by atomic mass is 16.7. The van der Waals surface area contributed by atoms with Gasteiger partial charge in [0.2, 0.25) is 17.7 Å². The lowest BCUT2D eigenvalue weighted by molar-refractivity contribution is -0.198. The highest BCUT2D eigenvalue weighted by molar-refractivity contribution is 6.08. The molecular formula is C12H22O6. The van der Waals surface area contributed by atoms with Crippen molar-refractivity contribution in [1.82, 2.24) is 0 Å². The highest BCUT2D eigenvalue weighted by Crippen LogP contribution is 2.21. The Morgan fingerprint density at radius 2 is 1.56 bits per heavy atom. The predicted octanol–water partition coefficient (Wildman–Crippen LogP) is 1.22. The quantitative estimate of drug-likeness (QED) is 0.471. The number of rotatable bonds is 10. The van der Waals surface area contributed by atoms with E-state index in [9.17, 15) is 14.7 Å². The third-order valence-corrected chi connectivity index (χ3v) is 2.48. The summed E-state index contributed by atoms with van der Waals surface area (Å²) in [6.45, 7) is 7.25. The average molecular weight is 262 g/mol. The number of hydrogen-bond acceptors (Lipinski definition) is 5. The van der Waals surface area contributed by atoms with Gasteiger partial charge >= 0.3 is 5.97 Å². The molecule has 0 aliphatic carbocycles. The molecule has 0 amide bonds. The molecule has 0 rings (SSSR count). The first-order valence-corrected chi connectivity index (χ1v) is 6.14. The van der Waals surface area contributed by atoms with Crippen molar-refractivity contribution >= 4 is 11.8 Å². The number of hydrogen-bond donors (Lipinski definition) is 1. The zero-order valence-corrected chi connectivity index (χ0v) is 11.4. The maximum Gasteiger partial charge on any atom is 0.344 e. The van der Waals surface area contributed by atoms with E-state index in [0.29, 0.717) is 0 Å². The van der Waals surface area contributed by atoms with Gasteiger partial charge in [-0.3, -0.25) is 4.79 Å². The number of aliphatic carboxylic acids is 1. The molecular weight excluding hydrogens is 240 g/mol. The van der Waals surface area contributed by atoms with E-state index >= 15 is 0 Å². The molecule has 1 unspecified atom stereocenters. The molecule has 0 heterocycles. The summed E-state index contributed by atoms with van der Waals surface area (Å²) in [5.41, 5.74) is -1.90. The van der Waals surface area contributed by atoms with E-state index in [4.69, 9.17) is 14.2 Å². The number of Topliss-reactive ketones (excluding diaryl/α,β-unsaturated/α-hetero) is 1. The van der Waals surface area contributed by atoms with Gasteiger partial charge in [-0.05, 0) is 27.2 Å². The Morgan fingerprint density at radius 3 is 1.83 bits per heavy atom. The van der Waals surface area contributed by atoms with Crippen molar-refractivity contribution in [3.8, 4) is 0 Å². The molecule has 0 spiro atoms. The summed E-state index contributed by atoms with van der Waals surface area (Å²) in [4.78, 5) is 23.6. The van der Waals surface area contributed by atoms with Crippen LogP contribution in [0.5, 0.6) is 0 Å². The van der Waals surface area contributed by atoms with E-state index in [2.05, 4.69) is 0 Å². The zero-order valence-electron chi connectivity index (χ0n) is 11.4. The smallest absolute Gasteiger partial charge is 0.344 e. The second-order valence-electron chi connectivity index (χ2n) is 3.53. The van der Waals surface area contributed by atoms with Crippen molar-refractivity contribution in [2.75, 3.05) is 19.8 Å². The molecule has 6 nitrogen and oxygen atoms in total. The fourth-order valence-electron chi connectivity index (χ4n) is 1.60. The van der Waals surface area contributed by atoms with Gasteiger partial charge in [0.1, 0.15) is 0 Å². The lowest BCUT2D eigenvalue weighted by atomic mass is 9.94. The molecule has 0 saturated heterocycles. The molecule has 6 heteroatoms. The lowest BCUT2D eigenvalue weighted by Crippen LogP contribution is -2.54. The highest BCUT2D eigenvalue weighted by Gasteiger charge is 2.49. The Balaban J connectivity index is 5.18. The van der Waals surface area contributed by atoms with Crippen LogP contribution < -0.4 is 0 Å². The number of carbonyl (C=O) groups excluding carboxylic acids is 1. The Labute approximate surface area is 107 Å². The van der Waals surface area contributed by atoms with Crippen molar-refractivity contribution in [2.45, 2.75) is 46.0 Å². The van der Waals surface area contributed by atoms with Crippen LogP contribution in [0.25, 0.3) is 0 Å². The first-order chi connectivity index (χ1) is 8.49. The van der Waals surface area contributed by atoms with Crippen LogP contribution in [-0.2, 0) is 23.8 Å². The van der Waals surface area contributed by atoms with Gasteiger partial charge < -0.3 is 19.3 Å².